The maximum absolute atomic E-state index is 12.3. The van der Waals surface area contributed by atoms with E-state index in [9.17, 15) is 14.4 Å². The molecule has 0 aliphatic carbocycles. The lowest BCUT2D eigenvalue weighted by atomic mass is 10.2. The second kappa shape index (κ2) is 9.23. The van der Waals surface area contributed by atoms with Crippen molar-refractivity contribution >= 4 is 29.2 Å². The first-order valence-electron chi connectivity index (χ1n) is 8.10. The van der Waals surface area contributed by atoms with E-state index in [1.807, 2.05) is 0 Å². The zero-order valence-electron chi connectivity index (χ0n) is 15.2. The molecule has 0 radical (unpaired) electrons. The lowest BCUT2D eigenvalue weighted by Gasteiger charge is -2.13. The van der Waals surface area contributed by atoms with Gasteiger partial charge in [0.15, 0.2) is 0 Å². The SMILES string of the molecule is CCOC(=O)c1ccccc1NC(=O)C(=O)Nc1cc(OC)ccc1OC. The highest BCUT2D eigenvalue weighted by molar-refractivity contribution is 6.44. The Morgan fingerprint density at radius 2 is 1.56 bits per heavy atom. The van der Waals surface area contributed by atoms with Gasteiger partial charge in [0.25, 0.3) is 0 Å². The maximum atomic E-state index is 12.3. The standard InChI is InChI=1S/C19H20N2O6/c1-4-27-19(24)13-7-5-6-8-14(13)20-17(22)18(23)21-15-11-12(25-2)9-10-16(15)26-3/h5-11H,4H2,1-3H3,(H,20,22)(H,21,23). The lowest BCUT2D eigenvalue weighted by Crippen LogP contribution is -2.30. The summed E-state index contributed by atoms with van der Waals surface area (Å²) in [6.45, 7) is 1.87. The highest BCUT2D eigenvalue weighted by Crippen LogP contribution is 2.28. The largest absolute Gasteiger partial charge is 0.497 e. The summed E-state index contributed by atoms with van der Waals surface area (Å²) in [6.07, 6.45) is 0. The van der Waals surface area contributed by atoms with Crippen LogP contribution in [0.3, 0.4) is 0 Å². The molecule has 2 aromatic carbocycles. The van der Waals surface area contributed by atoms with E-state index in [-0.39, 0.29) is 23.5 Å². The molecule has 0 aliphatic heterocycles. The topological polar surface area (TPSA) is 103 Å². The number of benzene rings is 2. The monoisotopic (exact) mass is 372 g/mol. The van der Waals surface area contributed by atoms with Gasteiger partial charge >= 0.3 is 17.8 Å². The Morgan fingerprint density at radius 3 is 2.19 bits per heavy atom. The normalized spacial score (nSPS) is 9.89. The molecule has 142 valence electrons. The average Bonchev–Trinajstić information content (AvgIpc) is 2.68. The first kappa shape index (κ1) is 19.8. The van der Waals surface area contributed by atoms with Gasteiger partial charge < -0.3 is 24.8 Å². The molecule has 0 saturated carbocycles. The fourth-order valence-corrected chi connectivity index (χ4v) is 2.25. The van der Waals surface area contributed by atoms with Crippen molar-refractivity contribution in [2.75, 3.05) is 31.5 Å². The van der Waals surface area contributed by atoms with Crippen LogP contribution in [0, 0.1) is 0 Å². The molecular weight excluding hydrogens is 352 g/mol. The summed E-state index contributed by atoms with van der Waals surface area (Å²) in [5, 5.41) is 4.87. The minimum absolute atomic E-state index is 0.152. The highest BCUT2D eigenvalue weighted by Gasteiger charge is 2.20. The molecule has 0 fully saturated rings. The maximum Gasteiger partial charge on any atom is 0.340 e. The second-order valence-electron chi connectivity index (χ2n) is 5.24. The first-order valence-corrected chi connectivity index (χ1v) is 8.10. The van der Waals surface area contributed by atoms with Crippen molar-refractivity contribution in [3.63, 3.8) is 0 Å². The van der Waals surface area contributed by atoms with Crippen molar-refractivity contribution in [3.05, 3.63) is 48.0 Å². The fraction of sp³-hybridized carbons (Fsp3) is 0.211. The van der Waals surface area contributed by atoms with Crippen LogP contribution in [0.2, 0.25) is 0 Å². The number of nitrogens with one attached hydrogen (secondary N) is 2. The van der Waals surface area contributed by atoms with Gasteiger partial charge in [-0.25, -0.2) is 4.79 Å². The minimum atomic E-state index is -0.948. The molecule has 0 spiro atoms. The zero-order valence-corrected chi connectivity index (χ0v) is 15.2. The molecule has 0 atom stereocenters. The molecule has 0 heterocycles. The van der Waals surface area contributed by atoms with Crippen molar-refractivity contribution in [2.45, 2.75) is 6.92 Å². The smallest absolute Gasteiger partial charge is 0.340 e. The van der Waals surface area contributed by atoms with Crippen molar-refractivity contribution in [1.29, 1.82) is 0 Å². The molecule has 2 N–H and O–H groups in total. The Bertz CT molecular complexity index is 850. The number of methoxy groups -OCH3 is 2. The number of para-hydroxylation sites is 1. The predicted molar refractivity (Wildman–Crippen MR) is 99.2 cm³/mol. The molecule has 2 amide bonds. The van der Waals surface area contributed by atoms with Crippen molar-refractivity contribution < 1.29 is 28.6 Å². The van der Waals surface area contributed by atoms with Gasteiger partial charge in [0.05, 0.1) is 37.8 Å². The highest BCUT2D eigenvalue weighted by atomic mass is 16.5. The lowest BCUT2D eigenvalue weighted by molar-refractivity contribution is -0.133. The van der Waals surface area contributed by atoms with Gasteiger partial charge in [-0.3, -0.25) is 9.59 Å². The number of hydrogen-bond acceptors (Lipinski definition) is 6. The van der Waals surface area contributed by atoms with Crippen molar-refractivity contribution in [3.8, 4) is 11.5 Å². The number of carbonyl (C=O) groups is 3. The van der Waals surface area contributed by atoms with Gasteiger partial charge in [0.1, 0.15) is 11.5 Å². The van der Waals surface area contributed by atoms with E-state index in [2.05, 4.69) is 10.6 Å². The molecule has 0 unspecified atom stereocenters. The van der Waals surface area contributed by atoms with Gasteiger partial charge in [-0.05, 0) is 31.2 Å². The third-order valence-corrected chi connectivity index (χ3v) is 3.53. The van der Waals surface area contributed by atoms with E-state index in [1.165, 1.54) is 32.4 Å². The molecule has 8 nitrogen and oxygen atoms in total. The van der Waals surface area contributed by atoms with Crippen LogP contribution in [-0.4, -0.2) is 38.6 Å². The van der Waals surface area contributed by atoms with Gasteiger partial charge in [-0.1, -0.05) is 12.1 Å². The Morgan fingerprint density at radius 1 is 0.889 bits per heavy atom. The minimum Gasteiger partial charge on any atom is -0.497 e. The average molecular weight is 372 g/mol. The third kappa shape index (κ3) is 4.97. The third-order valence-electron chi connectivity index (χ3n) is 3.53. The Kier molecular flexibility index (Phi) is 6.76. The molecule has 0 aliphatic rings. The first-order chi connectivity index (χ1) is 13.0. The quantitative estimate of drug-likeness (QED) is 0.596. The van der Waals surface area contributed by atoms with Gasteiger partial charge in [-0.2, -0.15) is 0 Å². The molecule has 2 rings (SSSR count). The van der Waals surface area contributed by atoms with Crippen LogP contribution in [0.25, 0.3) is 0 Å². The van der Waals surface area contributed by atoms with Gasteiger partial charge in [0, 0.05) is 6.07 Å². The summed E-state index contributed by atoms with van der Waals surface area (Å²) < 4.78 is 15.2. The molecular formula is C19H20N2O6. The summed E-state index contributed by atoms with van der Waals surface area (Å²) in [5.41, 5.74) is 0.601. The summed E-state index contributed by atoms with van der Waals surface area (Å²) in [7, 11) is 2.92. The van der Waals surface area contributed by atoms with E-state index in [1.54, 1.807) is 31.2 Å². The number of esters is 1. The van der Waals surface area contributed by atoms with Crippen LogP contribution in [-0.2, 0) is 14.3 Å². The molecule has 8 heteroatoms. The van der Waals surface area contributed by atoms with E-state index in [4.69, 9.17) is 14.2 Å². The molecule has 2 aromatic rings. The Hall–Kier alpha value is -3.55. The zero-order chi connectivity index (χ0) is 19.8. The van der Waals surface area contributed by atoms with Crippen LogP contribution in [0.1, 0.15) is 17.3 Å². The predicted octanol–water partition coefficient (Wildman–Crippen LogP) is 2.46. The number of ether oxygens (including phenoxy) is 3. The van der Waals surface area contributed by atoms with Gasteiger partial charge in [0.2, 0.25) is 0 Å². The Balaban J connectivity index is 2.16. The van der Waals surface area contributed by atoms with Crippen molar-refractivity contribution in [2.24, 2.45) is 0 Å². The molecule has 0 bridgehead atoms. The Labute approximate surface area is 156 Å². The summed E-state index contributed by atoms with van der Waals surface area (Å²) >= 11 is 0. The summed E-state index contributed by atoms with van der Waals surface area (Å²) in [6, 6.07) is 11.0. The summed E-state index contributed by atoms with van der Waals surface area (Å²) in [5.74, 6) is -1.62. The van der Waals surface area contributed by atoms with Crippen LogP contribution in [0.15, 0.2) is 42.5 Å². The molecule has 0 saturated heterocycles. The van der Waals surface area contributed by atoms with Crippen LogP contribution in [0.5, 0.6) is 11.5 Å². The van der Waals surface area contributed by atoms with Crippen molar-refractivity contribution in [1.82, 2.24) is 0 Å². The summed E-state index contributed by atoms with van der Waals surface area (Å²) in [4.78, 5) is 36.5. The second-order valence-corrected chi connectivity index (χ2v) is 5.24. The number of hydrogen-bond donors (Lipinski definition) is 2. The fourth-order valence-electron chi connectivity index (χ4n) is 2.25. The number of rotatable bonds is 6. The van der Waals surface area contributed by atoms with E-state index < -0.39 is 17.8 Å². The molecule has 0 aromatic heterocycles. The van der Waals surface area contributed by atoms with E-state index >= 15 is 0 Å². The number of carbonyl (C=O) groups excluding carboxylic acids is 3. The van der Waals surface area contributed by atoms with E-state index in [0.717, 1.165) is 0 Å². The van der Waals surface area contributed by atoms with Crippen LogP contribution >= 0.6 is 0 Å². The van der Waals surface area contributed by atoms with Gasteiger partial charge in [-0.15, -0.1) is 0 Å². The van der Waals surface area contributed by atoms with Crippen LogP contribution < -0.4 is 20.1 Å². The number of amides is 2. The van der Waals surface area contributed by atoms with Crippen LogP contribution in [0.4, 0.5) is 11.4 Å². The van der Waals surface area contributed by atoms with E-state index in [0.29, 0.717) is 11.5 Å². The number of anilines is 2. The molecule has 27 heavy (non-hydrogen) atoms.